The highest BCUT2D eigenvalue weighted by Crippen LogP contribution is 2.23. The van der Waals surface area contributed by atoms with Gasteiger partial charge in [-0.3, -0.25) is 0 Å². The summed E-state index contributed by atoms with van der Waals surface area (Å²) in [7, 11) is 0. The highest BCUT2D eigenvalue weighted by atomic mass is 79.9. The third kappa shape index (κ3) is 3.01. The molecule has 1 rings (SSSR count). The molecule has 0 saturated heterocycles. The molecule has 0 amide bonds. The summed E-state index contributed by atoms with van der Waals surface area (Å²) in [5.41, 5.74) is 2.23. The minimum atomic E-state index is -0.321. The summed E-state index contributed by atoms with van der Waals surface area (Å²) in [5, 5.41) is 12.3. The van der Waals surface area contributed by atoms with Crippen LogP contribution in [0.25, 0.3) is 0 Å². The normalized spacial score (nSPS) is 12.6. The second-order valence-electron chi connectivity index (χ2n) is 3.14. The van der Waals surface area contributed by atoms with Gasteiger partial charge in [0.2, 0.25) is 0 Å². The van der Waals surface area contributed by atoms with Crippen LogP contribution in [0.4, 0.5) is 5.69 Å². The number of hydrogen-bond donors (Lipinski definition) is 2. The molecule has 0 spiro atoms. The molecule has 3 heteroatoms. The smallest absolute Gasteiger partial charge is 0.0684 e. The largest absolute Gasteiger partial charge is 0.392 e. The lowest BCUT2D eigenvalue weighted by Gasteiger charge is -2.11. The van der Waals surface area contributed by atoms with E-state index in [0.29, 0.717) is 6.54 Å². The molecule has 0 saturated carbocycles. The van der Waals surface area contributed by atoms with Crippen LogP contribution >= 0.6 is 15.9 Å². The zero-order valence-electron chi connectivity index (χ0n) is 7.84. The Kier molecular flexibility index (Phi) is 3.75. The summed E-state index contributed by atoms with van der Waals surface area (Å²) in [6.07, 6.45) is -0.321. The Balaban J connectivity index is 2.71. The van der Waals surface area contributed by atoms with Gasteiger partial charge < -0.3 is 10.4 Å². The van der Waals surface area contributed by atoms with E-state index in [1.54, 1.807) is 6.92 Å². The van der Waals surface area contributed by atoms with Crippen LogP contribution in [0.5, 0.6) is 0 Å². The van der Waals surface area contributed by atoms with Crippen molar-refractivity contribution in [1.29, 1.82) is 0 Å². The van der Waals surface area contributed by atoms with Crippen LogP contribution < -0.4 is 5.32 Å². The zero-order chi connectivity index (χ0) is 9.84. The van der Waals surface area contributed by atoms with E-state index < -0.39 is 0 Å². The van der Waals surface area contributed by atoms with Crippen LogP contribution in [-0.2, 0) is 0 Å². The van der Waals surface area contributed by atoms with Crippen LogP contribution in [0.2, 0.25) is 0 Å². The fraction of sp³-hybridized carbons (Fsp3) is 0.400. The predicted octanol–water partition coefficient (Wildman–Crippen LogP) is 2.55. The number of aliphatic hydroxyl groups is 1. The Morgan fingerprint density at radius 1 is 1.54 bits per heavy atom. The maximum Gasteiger partial charge on any atom is 0.0684 e. The molecule has 0 aliphatic carbocycles. The Labute approximate surface area is 87.1 Å². The molecule has 2 N–H and O–H groups in total. The van der Waals surface area contributed by atoms with Crippen molar-refractivity contribution in [2.75, 3.05) is 11.9 Å². The maximum atomic E-state index is 9.10. The molecule has 1 aromatic rings. The van der Waals surface area contributed by atoms with Crippen LogP contribution in [0, 0.1) is 6.92 Å². The lowest BCUT2D eigenvalue weighted by molar-refractivity contribution is 0.208. The number of hydrogen-bond acceptors (Lipinski definition) is 2. The monoisotopic (exact) mass is 243 g/mol. The van der Waals surface area contributed by atoms with Crippen LogP contribution in [0.1, 0.15) is 12.5 Å². The molecular weight excluding hydrogens is 230 g/mol. The quantitative estimate of drug-likeness (QED) is 0.856. The SMILES string of the molecule is Cc1c(Br)cccc1NC[C@H](C)O. The summed E-state index contributed by atoms with van der Waals surface area (Å²) in [6.45, 7) is 4.38. The highest BCUT2D eigenvalue weighted by Gasteiger charge is 2.01. The minimum Gasteiger partial charge on any atom is -0.392 e. The van der Waals surface area contributed by atoms with E-state index in [1.165, 1.54) is 5.56 Å². The van der Waals surface area contributed by atoms with Crippen LogP contribution in [0.3, 0.4) is 0 Å². The Bertz CT molecular complexity index is 286. The first-order valence-electron chi connectivity index (χ1n) is 4.28. The number of halogens is 1. The molecule has 1 aromatic carbocycles. The number of anilines is 1. The van der Waals surface area contributed by atoms with Gasteiger partial charge in [0.15, 0.2) is 0 Å². The molecule has 0 fully saturated rings. The van der Waals surface area contributed by atoms with Crippen molar-refractivity contribution in [3.8, 4) is 0 Å². The molecule has 13 heavy (non-hydrogen) atoms. The van der Waals surface area contributed by atoms with E-state index in [1.807, 2.05) is 25.1 Å². The number of benzene rings is 1. The summed E-state index contributed by atoms with van der Waals surface area (Å²) in [4.78, 5) is 0. The molecular formula is C10H14BrNO. The first-order valence-corrected chi connectivity index (χ1v) is 5.07. The van der Waals surface area contributed by atoms with Gasteiger partial charge in [-0.15, -0.1) is 0 Å². The van der Waals surface area contributed by atoms with E-state index in [9.17, 15) is 0 Å². The summed E-state index contributed by atoms with van der Waals surface area (Å²) in [6, 6.07) is 5.98. The third-order valence-corrected chi connectivity index (χ3v) is 2.71. The fourth-order valence-corrected chi connectivity index (χ4v) is 1.42. The van der Waals surface area contributed by atoms with Crippen LogP contribution in [-0.4, -0.2) is 17.8 Å². The van der Waals surface area contributed by atoms with Gasteiger partial charge in [-0.05, 0) is 31.5 Å². The van der Waals surface area contributed by atoms with E-state index in [2.05, 4.69) is 21.2 Å². The molecule has 0 aliphatic rings. The fourth-order valence-electron chi connectivity index (χ4n) is 1.06. The first-order chi connectivity index (χ1) is 6.11. The first kappa shape index (κ1) is 10.5. The predicted molar refractivity (Wildman–Crippen MR) is 59.0 cm³/mol. The lowest BCUT2D eigenvalue weighted by Crippen LogP contribution is -2.15. The molecule has 0 heterocycles. The van der Waals surface area contributed by atoms with E-state index in [0.717, 1.165) is 10.2 Å². The van der Waals surface area contributed by atoms with E-state index in [4.69, 9.17) is 5.11 Å². The van der Waals surface area contributed by atoms with Gasteiger partial charge in [-0.2, -0.15) is 0 Å². The molecule has 0 bridgehead atoms. The average Bonchev–Trinajstić information content (AvgIpc) is 2.07. The van der Waals surface area contributed by atoms with Crippen LogP contribution in [0.15, 0.2) is 22.7 Å². The number of rotatable bonds is 3. The van der Waals surface area contributed by atoms with Crippen molar-refractivity contribution >= 4 is 21.6 Å². The van der Waals surface area contributed by atoms with Crippen molar-refractivity contribution in [1.82, 2.24) is 0 Å². The van der Waals surface area contributed by atoms with Crippen molar-refractivity contribution in [3.63, 3.8) is 0 Å². The second-order valence-corrected chi connectivity index (χ2v) is 4.00. The van der Waals surface area contributed by atoms with Gasteiger partial charge in [0.25, 0.3) is 0 Å². The Morgan fingerprint density at radius 2 is 2.23 bits per heavy atom. The van der Waals surface area contributed by atoms with Gasteiger partial charge >= 0.3 is 0 Å². The maximum absolute atomic E-state index is 9.10. The molecule has 0 aliphatic heterocycles. The highest BCUT2D eigenvalue weighted by molar-refractivity contribution is 9.10. The van der Waals surface area contributed by atoms with Crippen molar-refractivity contribution in [3.05, 3.63) is 28.2 Å². The molecule has 72 valence electrons. The molecule has 2 nitrogen and oxygen atoms in total. The lowest BCUT2D eigenvalue weighted by atomic mass is 10.2. The summed E-state index contributed by atoms with van der Waals surface area (Å²) in [5.74, 6) is 0. The number of nitrogens with one attached hydrogen (secondary N) is 1. The van der Waals surface area contributed by atoms with Gasteiger partial charge in [-0.1, -0.05) is 22.0 Å². The second kappa shape index (κ2) is 4.63. The Morgan fingerprint density at radius 3 is 2.85 bits per heavy atom. The molecule has 0 radical (unpaired) electrons. The topological polar surface area (TPSA) is 32.3 Å². The Hall–Kier alpha value is -0.540. The molecule has 1 atom stereocenters. The van der Waals surface area contributed by atoms with Gasteiger partial charge in [-0.25, -0.2) is 0 Å². The molecule has 0 aromatic heterocycles. The van der Waals surface area contributed by atoms with Gasteiger partial charge in [0, 0.05) is 16.7 Å². The van der Waals surface area contributed by atoms with E-state index in [-0.39, 0.29) is 6.10 Å². The zero-order valence-corrected chi connectivity index (χ0v) is 9.43. The van der Waals surface area contributed by atoms with E-state index >= 15 is 0 Å². The van der Waals surface area contributed by atoms with Gasteiger partial charge in [0.1, 0.15) is 0 Å². The summed E-state index contributed by atoms with van der Waals surface area (Å²) < 4.78 is 1.09. The van der Waals surface area contributed by atoms with Crippen molar-refractivity contribution in [2.45, 2.75) is 20.0 Å². The van der Waals surface area contributed by atoms with Crippen molar-refractivity contribution in [2.24, 2.45) is 0 Å². The van der Waals surface area contributed by atoms with Crippen molar-refractivity contribution < 1.29 is 5.11 Å². The average molecular weight is 244 g/mol. The summed E-state index contributed by atoms with van der Waals surface area (Å²) >= 11 is 3.45. The number of aliphatic hydroxyl groups excluding tert-OH is 1. The molecule has 0 unspecified atom stereocenters. The minimum absolute atomic E-state index is 0.321. The van der Waals surface area contributed by atoms with Gasteiger partial charge in [0.05, 0.1) is 6.10 Å². The third-order valence-electron chi connectivity index (χ3n) is 1.86. The standard InChI is InChI=1S/C10H14BrNO/c1-7(13)6-12-10-5-3-4-9(11)8(10)2/h3-5,7,12-13H,6H2,1-2H3/t7-/m0/s1.